The summed E-state index contributed by atoms with van der Waals surface area (Å²) in [5.41, 5.74) is 6.01. The van der Waals surface area contributed by atoms with Crippen molar-refractivity contribution in [3.63, 3.8) is 0 Å². The molecule has 1 aromatic heterocycles. The predicted molar refractivity (Wildman–Crippen MR) is 111 cm³/mol. The first-order valence-electron chi connectivity index (χ1n) is 9.35. The van der Waals surface area contributed by atoms with Gasteiger partial charge in [0.15, 0.2) is 0 Å². The predicted octanol–water partition coefficient (Wildman–Crippen LogP) is 3.66. The Morgan fingerprint density at radius 3 is 2.56 bits per heavy atom. The van der Waals surface area contributed by atoms with Gasteiger partial charge < -0.3 is 15.2 Å². The first-order valence-corrected chi connectivity index (χ1v) is 11.6. The number of nitrogens with zero attached hydrogens (tertiary/aromatic N) is 1. The number of sulfonamides is 1. The maximum absolute atomic E-state index is 13.2. The Labute approximate surface area is 185 Å². The van der Waals surface area contributed by atoms with E-state index < -0.39 is 39.0 Å². The zero-order chi connectivity index (χ0) is 23.1. The number of primary amides is 1. The molecule has 0 spiro atoms. The van der Waals surface area contributed by atoms with Crippen LogP contribution in [0.4, 0.5) is 13.2 Å². The first-order chi connectivity index (χ1) is 15.1. The highest BCUT2D eigenvalue weighted by Gasteiger charge is 2.38. The maximum atomic E-state index is 13.2. The van der Waals surface area contributed by atoms with Gasteiger partial charge in [0.1, 0.15) is 10.6 Å². The number of ether oxygens (including phenoxy) is 2. The molecule has 1 unspecified atom stereocenters. The number of carbonyl (C=O) groups is 1. The minimum Gasteiger partial charge on any atom is -0.404 e. The van der Waals surface area contributed by atoms with Crippen LogP contribution in [-0.4, -0.2) is 44.7 Å². The second-order valence-electron chi connectivity index (χ2n) is 6.92. The van der Waals surface area contributed by atoms with Crippen LogP contribution in [0, 0.1) is 0 Å². The Morgan fingerprint density at radius 2 is 1.84 bits per heavy atom. The van der Waals surface area contributed by atoms with E-state index in [0.29, 0.717) is 10.9 Å². The second-order valence-corrected chi connectivity index (χ2v) is 9.88. The third kappa shape index (κ3) is 4.31. The van der Waals surface area contributed by atoms with E-state index in [9.17, 15) is 26.4 Å². The lowest BCUT2D eigenvalue weighted by molar-refractivity contribution is -0.275. The average molecular weight is 486 g/mol. The van der Waals surface area contributed by atoms with Gasteiger partial charge in [-0.05, 0) is 23.6 Å². The molecule has 1 aliphatic rings. The van der Waals surface area contributed by atoms with Crippen molar-refractivity contribution < 1.29 is 35.9 Å². The van der Waals surface area contributed by atoms with Gasteiger partial charge in [-0.15, -0.1) is 24.5 Å². The van der Waals surface area contributed by atoms with Crippen LogP contribution in [0.3, 0.4) is 0 Å². The number of para-hydroxylation sites is 1. The highest BCUT2D eigenvalue weighted by atomic mass is 32.2. The summed E-state index contributed by atoms with van der Waals surface area (Å²) in [7, 11) is -4.36. The van der Waals surface area contributed by atoms with Crippen LogP contribution < -0.4 is 10.5 Å². The third-order valence-corrected chi connectivity index (χ3v) is 8.01. The Kier molecular flexibility index (Phi) is 5.88. The number of halogens is 3. The Morgan fingerprint density at radius 1 is 1.16 bits per heavy atom. The molecule has 1 fully saturated rings. The smallest absolute Gasteiger partial charge is 0.404 e. The largest absolute Gasteiger partial charge is 0.573 e. The molecular weight excluding hydrogens is 469 g/mol. The molecule has 32 heavy (non-hydrogen) atoms. The molecule has 0 bridgehead atoms. The van der Waals surface area contributed by atoms with E-state index >= 15 is 0 Å². The molecule has 1 aliphatic heterocycles. The Balaban J connectivity index is 1.71. The molecule has 2 heterocycles. The molecule has 2 aromatic carbocycles. The van der Waals surface area contributed by atoms with Crippen molar-refractivity contribution in [1.82, 2.24) is 4.31 Å². The second kappa shape index (κ2) is 8.35. The molecule has 1 atom stereocenters. The van der Waals surface area contributed by atoms with Gasteiger partial charge in [-0.1, -0.05) is 30.3 Å². The number of alkyl halides is 3. The summed E-state index contributed by atoms with van der Waals surface area (Å²) < 4.78 is 76.3. The van der Waals surface area contributed by atoms with Crippen LogP contribution in [0.5, 0.6) is 5.75 Å². The number of rotatable bonds is 5. The summed E-state index contributed by atoms with van der Waals surface area (Å²) in [4.78, 5) is 11.7. The number of nitrogens with two attached hydrogens (primary N) is 1. The lowest BCUT2D eigenvalue weighted by atomic mass is 10.0. The van der Waals surface area contributed by atoms with E-state index in [-0.39, 0.29) is 24.6 Å². The van der Waals surface area contributed by atoms with Crippen LogP contribution >= 0.6 is 11.3 Å². The van der Waals surface area contributed by atoms with Gasteiger partial charge in [0.25, 0.3) is 5.91 Å². The molecule has 4 rings (SSSR count). The van der Waals surface area contributed by atoms with E-state index in [1.807, 2.05) is 0 Å². The fourth-order valence-electron chi connectivity index (χ4n) is 3.60. The zero-order valence-electron chi connectivity index (χ0n) is 16.3. The van der Waals surface area contributed by atoms with E-state index in [2.05, 4.69) is 4.74 Å². The molecule has 0 aliphatic carbocycles. The number of carbonyl (C=O) groups excluding carboxylic acids is 1. The number of amides is 1. The molecule has 12 heteroatoms. The molecule has 1 saturated heterocycles. The van der Waals surface area contributed by atoms with E-state index in [1.165, 1.54) is 23.5 Å². The summed E-state index contributed by atoms with van der Waals surface area (Å²) >= 11 is 1.17. The van der Waals surface area contributed by atoms with Crippen LogP contribution in [0.25, 0.3) is 10.1 Å². The molecule has 2 N–H and O–H groups in total. The van der Waals surface area contributed by atoms with Gasteiger partial charge in [0.2, 0.25) is 10.0 Å². The number of hydrogen-bond donors (Lipinski definition) is 1. The van der Waals surface area contributed by atoms with Crippen LogP contribution in [0.15, 0.2) is 53.4 Å². The Hall–Kier alpha value is -2.67. The van der Waals surface area contributed by atoms with Crippen molar-refractivity contribution in [3.05, 3.63) is 59.0 Å². The van der Waals surface area contributed by atoms with Crippen LogP contribution in [-0.2, 0) is 14.8 Å². The number of benzene rings is 2. The Bertz CT molecular complexity index is 1270. The van der Waals surface area contributed by atoms with Gasteiger partial charge in [-0.25, -0.2) is 8.42 Å². The van der Waals surface area contributed by atoms with Gasteiger partial charge in [-0.2, -0.15) is 4.31 Å². The molecular formula is C20H17F3N2O5S2. The SMILES string of the molecule is NC(=O)c1sc2ccccc2c1C1CN(S(=O)(=O)c2ccccc2OC(F)(F)F)CCO1. The quantitative estimate of drug-likeness (QED) is 0.594. The summed E-state index contributed by atoms with van der Waals surface area (Å²) in [6.45, 7) is -0.300. The van der Waals surface area contributed by atoms with Crippen molar-refractivity contribution >= 4 is 37.4 Å². The van der Waals surface area contributed by atoms with Crippen LogP contribution in [0.2, 0.25) is 0 Å². The highest BCUT2D eigenvalue weighted by Crippen LogP contribution is 2.39. The lowest BCUT2D eigenvalue weighted by Gasteiger charge is -2.33. The molecule has 0 radical (unpaired) electrons. The molecule has 0 saturated carbocycles. The van der Waals surface area contributed by atoms with E-state index in [0.717, 1.165) is 21.1 Å². The fraction of sp³-hybridized carbons (Fsp3) is 0.250. The topological polar surface area (TPSA) is 98.9 Å². The van der Waals surface area contributed by atoms with Crippen molar-refractivity contribution in [2.45, 2.75) is 17.4 Å². The van der Waals surface area contributed by atoms with Crippen LogP contribution in [0.1, 0.15) is 21.3 Å². The maximum Gasteiger partial charge on any atom is 0.573 e. The number of morpholine rings is 1. The first kappa shape index (κ1) is 22.5. The fourth-order valence-corrected chi connectivity index (χ4v) is 6.24. The average Bonchev–Trinajstić information content (AvgIpc) is 3.13. The van der Waals surface area contributed by atoms with Crippen molar-refractivity contribution in [2.24, 2.45) is 5.73 Å². The number of thiophene rings is 1. The van der Waals surface area contributed by atoms with Gasteiger partial charge in [0, 0.05) is 23.4 Å². The molecule has 3 aromatic rings. The monoisotopic (exact) mass is 486 g/mol. The summed E-state index contributed by atoms with van der Waals surface area (Å²) in [6.07, 6.45) is -5.88. The molecule has 7 nitrogen and oxygen atoms in total. The normalized spacial score (nSPS) is 18.0. The summed E-state index contributed by atoms with van der Waals surface area (Å²) in [5, 5.41) is 0.705. The summed E-state index contributed by atoms with van der Waals surface area (Å²) in [5.74, 6) is -1.49. The highest BCUT2D eigenvalue weighted by molar-refractivity contribution is 7.89. The van der Waals surface area contributed by atoms with Crippen molar-refractivity contribution in [3.8, 4) is 5.75 Å². The van der Waals surface area contributed by atoms with E-state index in [1.54, 1.807) is 24.3 Å². The lowest BCUT2D eigenvalue weighted by Crippen LogP contribution is -2.42. The summed E-state index contributed by atoms with van der Waals surface area (Å²) in [6, 6.07) is 11.7. The standard InChI is InChI=1S/C20H17F3N2O5S2/c21-20(22,23)30-13-6-2-4-8-16(13)32(27,28)25-9-10-29-14(11-25)17-12-5-1-3-7-15(12)31-18(17)19(24)26/h1-8,14H,9-11H2,(H2,24,26). The third-order valence-electron chi connectivity index (χ3n) is 4.90. The van der Waals surface area contributed by atoms with Gasteiger partial charge >= 0.3 is 6.36 Å². The molecule has 1 amide bonds. The van der Waals surface area contributed by atoms with Crippen molar-refractivity contribution in [1.29, 1.82) is 0 Å². The minimum absolute atomic E-state index is 0.0193. The molecule has 170 valence electrons. The van der Waals surface area contributed by atoms with Crippen molar-refractivity contribution in [2.75, 3.05) is 19.7 Å². The zero-order valence-corrected chi connectivity index (χ0v) is 18.0. The minimum atomic E-state index is -5.05. The number of fused-ring (bicyclic) bond motifs is 1. The number of hydrogen-bond acceptors (Lipinski definition) is 6. The van der Waals surface area contributed by atoms with Gasteiger partial charge in [-0.3, -0.25) is 4.79 Å². The van der Waals surface area contributed by atoms with E-state index in [4.69, 9.17) is 10.5 Å². The van der Waals surface area contributed by atoms with Gasteiger partial charge in [0.05, 0.1) is 17.6 Å².